The monoisotopic (exact) mass is 294 g/mol. The van der Waals surface area contributed by atoms with Crippen LogP contribution in [0.1, 0.15) is 31.4 Å². The average molecular weight is 294 g/mol. The first-order valence-corrected chi connectivity index (χ1v) is 8.33. The van der Waals surface area contributed by atoms with Gasteiger partial charge in [0, 0.05) is 18.5 Å². The largest absolute Gasteiger partial charge is 0.391 e. The van der Waals surface area contributed by atoms with Gasteiger partial charge < -0.3 is 10.4 Å². The first kappa shape index (κ1) is 15.3. The second kappa shape index (κ2) is 8.27. The summed E-state index contributed by atoms with van der Waals surface area (Å²) in [6.07, 6.45) is 5.96. The number of aliphatic hydroxyl groups is 1. The van der Waals surface area contributed by atoms with Crippen molar-refractivity contribution in [2.75, 3.05) is 12.3 Å². The highest BCUT2D eigenvalue weighted by Crippen LogP contribution is 2.27. The minimum Gasteiger partial charge on any atom is -0.391 e. The normalized spacial score (nSPS) is 17.1. The van der Waals surface area contributed by atoms with Gasteiger partial charge in [0.15, 0.2) is 0 Å². The van der Waals surface area contributed by atoms with Gasteiger partial charge in [0.2, 0.25) is 5.91 Å². The van der Waals surface area contributed by atoms with Gasteiger partial charge in [-0.2, -0.15) is 0 Å². The molecule has 1 saturated carbocycles. The Labute approximate surface area is 124 Å². The second-order valence-electron chi connectivity index (χ2n) is 5.23. The summed E-state index contributed by atoms with van der Waals surface area (Å²) in [5.41, 5.74) is 0.983. The van der Waals surface area contributed by atoms with Crippen LogP contribution in [0.2, 0.25) is 0 Å². The van der Waals surface area contributed by atoms with Gasteiger partial charge in [-0.3, -0.25) is 9.78 Å². The number of nitrogens with one attached hydrogen (secondary N) is 1. The first-order chi connectivity index (χ1) is 9.75. The molecule has 1 fully saturated rings. The SMILES string of the molecule is O=C(CSCc1ccccn1)NCC(O)C1CCCC1. The summed E-state index contributed by atoms with van der Waals surface area (Å²) < 4.78 is 0. The van der Waals surface area contributed by atoms with Crippen molar-refractivity contribution in [1.29, 1.82) is 0 Å². The summed E-state index contributed by atoms with van der Waals surface area (Å²) in [6.45, 7) is 0.383. The van der Waals surface area contributed by atoms with Crippen LogP contribution in [0.3, 0.4) is 0 Å². The third-order valence-corrected chi connectivity index (χ3v) is 4.63. The zero-order chi connectivity index (χ0) is 14.2. The van der Waals surface area contributed by atoms with Gasteiger partial charge in [0.25, 0.3) is 0 Å². The Morgan fingerprint density at radius 2 is 2.25 bits per heavy atom. The summed E-state index contributed by atoms with van der Waals surface area (Å²) in [7, 11) is 0. The molecule has 0 saturated heterocycles. The van der Waals surface area contributed by atoms with Crippen molar-refractivity contribution < 1.29 is 9.90 Å². The predicted octanol–water partition coefficient (Wildman–Crippen LogP) is 1.98. The van der Waals surface area contributed by atoms with Crippen LogP contribution in [-0.4, -0.2) is 34.4 Å². The topological polar surface area (TPSA) is 62.2 Å². The van der Waals surface area contributed by atoms with Crippen LogP contribution >= 0.6 is 11.8 Å². The molecule has 110 valence electrons. The maximum Gasteiger partial charge on any atom is 0.230 e. The Bertz CT molecular complexity index is 408. The first-order valence-electron chi connectivity index (χ1n) is 7.18. The van der Waals surface area contributed by atoms with Gasteiger partial charge in [-0.1, -0.05) is 18.9 Å². The predicted molar refractivity (Wildman–Crippen MR) is 81.4 cm³/mol. The molecule has 1 amide bonds. The van der Waals surface area contributed by atoms with Gasteiger partial charge in [-0.05, 0) is 30.9 Å². The summed E-state index contributed by atoms with van der Waals surface area (Å²) in [6, 6.07) is 5.78. The van der Waals surface area contributed by atoms with Crippen LogP contribution in [0, 0.1) is 5.92 Å². The van der Waals surface area contributed by atoms with Crippen LogP contribution in [0.15, 0.2) is 24.4 Å². The van der Waals surface area contributed by atoms with E-state index in [-0.39, 0.29) is 12.0 Å². The molecule has 4 nitrogen and oxygen atoms in total. The summed E-state index contributed by atoms with van der Waals surface area (Å²) in [5, 5.41) is 12.8. The van der Waals surface area contributed by atoms with Crippen LogP contribution in [-0.2, 0) is 10.5 Å². The summed E-state index contributed by atoms with van der Waals surface area (Å²) in [4.78, 5) is 15.9. The number of carbonyl (C=O) groups excluding carboxylic acids is 1. The van der Waals surface area contributed by atoms with Gasteiger partial charge >= 0.3 is 0 Å². The molecule has 5 heteroatoms. The van der Waals surface area contributed by atoms with E-state index in [4.69, 9.17) is 0 Å². The number of hydrogen-bond acceptors (Lipinski definition) is 4. The molecule has 20 heavy (non-hydrogen) atoms. The third kappa shape index (κ3) is 5.13. The zero-order valence-electron chi connectivity index (χ0n) is 11.6. The Morgan fingerprint density at radius 1 is 1.45 bits per heavy atom. The number of hydrogen-bond donors (Lipinski definition) is 2. The molecule has 1 aliphatic rings. The van der Waals surface area contributed by atoms with Gasteiger partial charge in [0.05, 0.1) is 17.6 Å². The van der Waals surface area contributed by atoms with E-state index in [2.05, 4.69) is 10.3 Å². The Kier molecular flexibility index (Phi) is 6.33. The van der Waals surface area contributed by atoms with E-state index in [9.17, 15) is 9.90 Å². The van der Waals surface area contributed by atoms with E-state index in [0.717, 1.165) is 24.3 Å². The number of aromatic nitrogens is 1. The lowest BCUT2D eigenvalue weighted by atomic mass is 10.0. The maximum absolute atomic E-state index is 11.7. The molecule has 1 atom stereocenters. The minimum atomic E-state index is -0.387. The van der Waals surface area contributed by atoms with E-state index in [1.54, 1.807) is 18.0 Å². The standard InChI is InChI=1S/C15H22N2O2S/c18-14(12-5-1-2-6-12)9-17-15(19)11-20-10-13-7-3-4-8-16-13/h3-4,7-8,12,14,18H,1-2,5-6,9-11H2,(H,17,19). The molecule has 0 bridgehead atoms. The van der Waals surface area contributed by atoms with E-state index >= 15 is 0 Å². The number of aliphatic hydroxyl groups excluding tert-OH is 1. The molecular weight excluding hydrogens is 272 g/mol. The van der Waals surface area contributed by atoms with Crippen molar-refractivity contribution in [3.05, 3.63) is 30.1 Å². The molecule has 1 aliphatic carbocycles. The maximum atomic E-state index is 11.7. The number of nitrogens with zero attached hydrogens (tertiary/aromatic N) is 1. The molecule has 2 rings (SSSR count). The van der Waals surface area contributed by atoms with Crippen LogP contribution in [0.4, 0.5) is 0 Å². The fourth-order valence-electron chi connectivity index (χ4n) is 2.51. The molecule has 0 spiro atoms. The number of thioether (sulfide) groups is 1. The second-order valence-corrected chi connectivity index (χ2v) is 6.22. The fourth-order valence-corrected chi connectivity index (χ4v) is 3.28. The van der Waals surface area contributed by atoms with Crippen molar-refractivity contribution >= 4 is 17.7 Å². The van der Waals surface area contributed by atoms with Gasteiger partial charge in [0.1, 0.15) is 0 Å². The number of amides is 1. The molecule has 2 N–H and O–H groups in total. The summed E-state index contributed by atoms with van der Waals surface area (Å²) in [5.74, 6) is 1.51. The Hall–Kier alpha value is -1.07. The minimum absolute atomic E-state index is 0.0111. The van der Waals surface area contributed by atoms with Crippen LogP contribution in [0.5, 0.6) is 0 Å². The van der Waals surface area contributed by atoms with Crippen molar-refractivity contribution in [2.24, 2.45) is 5.92 Å². The van der Waals surface area contributed by atoms with Crippen molar-refractivity contribution in [2.45, 2.75) is 37.5 Å². The molecule has 0 radical (unpaired) electrons. The van der Waals surface area contributed by atoms with Crippen LogP contribution < -0.4 is 5.32 Å². The third-order valence-electron chi connectivity index (χ3n) is 3.66. The quantitative estimate of drug-likeness (QED) is 0.807. The molecule has 0 aromatic carbocycles. The fraction of sp³-hybridized carbons (Fsp3) is 0.600. The lowest BCUT2D eigenvalue weighted by Crippen LogP contribution is -2.36. The van der Waals surface area contributed by atoms with Crippen LogP contribution in [0.25, 0.3) is 0 Å². The Morgan fingerprint density at radius 3 is 2.95 bits per heavy atom. The number of carbonyl (C=O) groups is 1. The van der Waals surface area contributed by atoms with E-state index < -0.39 is 0 Å². The average Bonchev–Trinajstić information content (AvgIpc) is 3.00. The van der Waals surface area contributed by atoms with E-state index in [1.807, 2.05) is 18.2 Å². The lowest BCUT2D eigenvalue weighted by Gasteiger charge is -2.17. The highest BCUT2D eigenvalue weighted by molar-refractivity contribution is 7.99. The molecule has 1 aromatic rings. The Balaban J connectivity index is 1.58. The van der Waals surface area contributed by atoms with E-state index in [0.29, 0.717) is 18.2 Å². The molecular formula is C15H22N2O2S. The zero-order valence-corrected chi connectivity index (χ0v) is 12.4. The number of pyridine rings is 1. The highest BCUT2D eigenvalue weighted by atomic mass is 32.2. The van der Waals surface area contributed by atoms with Gasteiger partial charge in [-0.25, -0.2) is 0 Å². The summed E-state index contributed by atoms with van der Waals surface area (Å²) >= 11 is 1.54. The van der Waals surface area contributed by atoms with Crippen molar-refractivity contribution in [3.63, 3.8) is 0 Å². The molecule has 1 unspecified atom stereocenters. The molecule has 1 aromatic heterocycles. The van der Waals surface area contributed by atoms with Crippen molar-refractivity contribution in [3.8, 4) is 0 Å². The highest BCUT2D eigenvalue weighted by Gasteiger charge is 2.23. The van der Waals surface area contributed by atoms with Gasteiger partial charge in [-0.15, -0.1) is 11.8 Å². The lowest BCUT2D eigenvalue weighted by molar-refractivity contribution is -0.119. The smallest absolute Gasteiger partial charge is 0.230 e. The number of rotatable bonds is 7. The molecule has 1 heterocycles. The van der Waals surface area contributed by atoms with E-state index in [1.165, 1.54) is 12.8 Å². The molecule has 0 aliphatic heterocycles. The van der Waals surface area contributed by atoms with Crippen molar-refractivity contribution in [1.82, 2.24) is 10.3 Å².